The van der Waals surface area contributed by atoms with Gasteiger partial charge in [-0.3, -0.25) is 4.79 Å². The molecule has 1 amide bonds. The van der Waals surface area contributed by atoms with Gasteiger partial charge in [-0.05, 0) is 69.7 Å². The van der Waals surface area contributed by atoms with Gasteiger partial charge in [0.1, 0.15) is 6.61 Å². The van der Waals surface area contributed by atoms with E-state index in [9.17, 15) is 9.90 Å². The van der Waals surface area contributed by atoms with E-state index in [1.807, 2.05) is 56.3 Å². The summed E-state index contributed by atoms with van der Waals surface area (Å²) in [6, 6.07) is 29.2. The average Bonchev–Trinajstić information content (AvgIpc) is 2.94. The monoisotopic (exact) mass is 572 g/mol. The molecule has 0 atom stereocenters. The van der Waals surface area contributed by atoms with E-state index in [0.29, 0.717) is 45.9 Å². The molecule has 6 nitrogen and oxygen atoms in total. The molecule has 4 aromatic rings. The Balaban J connectivity index is 1.55. The lowest BCUT2D eigenvalue weighted by molar-refractivity contribution is -0.136. The van der Waals surface area contributed by atoms with Crippen LogP contribution in [0.25, 0.3) is 0 Å². The molecule has 0 spiro atoms. The van der Waals surface area contributed by atoms with E-state index in [0.717, 1.165) is 11.1 Å². The molecule has 0 aliphatic rings. The van der Waals surface area contributed by atoms with E-state index < -0.39 is 11.5 Å². The summed E-state index contributed by atoms with van der Waals surface area (Å²) >= 11 is 3.58. The van der Waals surface area contributed by atoms with Crippen LogP contribution in [0.3, 0.4) is 0 Å². The summed E-state index contributed by atoms with van der Waals surface area (Å²) in [4.78, 5) is 13.3. The number of amides is 1. The highest BCUT2D eigenvalue weighted by atomic mass is 79.9. The molecule has 0 unspecified atom stereocenters. The molecular weight excluding hydrogens is 544 g/mol. The summed E-state index contributed by atoms with van der Waals surface area (Å²) in [5.41, 5.74) is 4.37. The maximum absolute atomic E-state index is 13.3. The number of aryl methyl sites for hydroxylation is 1. The Morgan fingerprint density at radius 1 is 0.947 bits per heavy atom. The third kappa shape index (κ3) is 6.13. The topological polar surface area (TPSA) is 80.2 Å². The number of ether oxygens (including phenoxy) is 2. The highest BCUT2D eigenvalue weighted by molar-refractivity contribution is 9.10. The summed E-state index contributed by atoms with van der Waals surface area (Å²) < 4.78 is 12.6. The van der Waals surface area contributed by atoms with E-state index in [4.69, 9.17) is 9.47 Å². The molecule has 0 radical (unpaired) electrons. The van der Waals surface area contributed by atoms with Crippen molar-refractivity contribution in [1.82, 2.24) is 5.43 Å². The number of nitrogens with zero attached hydrogens (tertiary/aromatic N) is 1. The lowest BCUT2D eigenvalue weighted by Crippen LogP contribution is -2.43. The number of hydrazone groups is 1. The Kier molecular flexibility index (Phi) is 8.94. The number of nitrogens with one attached hydrogen (secondary N) is 1. The zero-order valence-electron chi connectivity index (χ0n) is 21.2. The van der Waals surface area contributed by atoms with Crippen LogP contribution in [0.1, 0.15) is 34.7 Å². The van der Waals surface area contributed by atoms with Crippen LogP contribution in [-0.4, -0.2) is 23.8 Å². The average molecular weight is 573 g/mol. The summed E-state index contributed by atoms with van der Waals surface area (Å²) in [5.74, 6) is 0.459. The van der Waals surface area contributed by atoms with Gasteiger partial charge in [-0.1, -0.05) is 84.9 Å². The molecule has 4 rings (SSSR count). The second kappa shape index (κ2) is 12.5. The molecule has 4 aromatic carbocycles. The van der Waals surface area contributed by atoms with E-state index >= 15 is 0 Å². The van der Waals surface area contributed by atoms with Crippen molar-refractivity contribution in [2.24, 2.45) is 5.10 Å². The SMILES string of the molecule is CCOc1cc(/C=N\NC(=O)C(O)(c2ccccc2)c2ccccc2)cc(Br)c1OCc1ccccc1C. The van der Waals surface area contributed by atoms with Crippen LogP contribution in [0, 0.1) is 6.92 Å². The second-order valence-electron chi connectivity index (χ2n) is 8.62. The van der Waals surface area contributed by atoms with Gasteiger partial charge in [-0.2, -0.15) is 5.10 Å². The first-order chi connectivity index (χ1) is 18.4. The molecule has 0 aromatic heterocycles. The van der Waals surface area contributed by atoms with Crippen molar-refractivity contribution in [2.45, 2.75) is 26.1 Å². The third-order valence-electron chi connectivity index (χ3n) is 6.06. The number of benzene rings is 4. The highest BCUT2D eigenvalue weighted by Crippen LogP contribution is 2.37. The molecule has 0 aliphatic carbocycles. The molecule has 0 fully saturated rings. The van der Waals surface area contributed by atoms with Crippen molar-refractivity contribution >= 4 is 28.1 Å². The van der Waals surface area contributed by atoms with Crippen LogP contribution in [0.15, 0.2) is 107 Å². The van der Waals surface area contributed by atoms with E-state index in [2.05, 4.69) is 26.5 Å². The quantitative estimate of drug-likeness (QED) is 0.177. The van der Waals surface area contributed by atoms with E-state index in [-0.39, 0.29) is 0 Å². The summed E-state index contributed by atoms with van der Waals surface area (Å²) in [7, 11) is 0. The third-order valence-corrected chi connectivity index (χ3v) is 6.65. The molecule has 7 heteroatoms. The maximum atomic E-state index is 13.3. The second-order valence-corrected chi connectivity index (χ2v) is 9.47. The first kappa shape index (κ1) is 27.1. The number of carbonyl (C=O) groups is 1. The van der Waals surface area contributed by atoms with Gasteiger partial charge in [-0.25, -0.2) is 5.43 Å². The Morgan fingerprint density at radius 2 is 1.55 bits per heavy atom. The van der Waals surface area contributed by atoms with Crippen LogP contribution in [0.2, 0.25) is 0 Å². The standard InChI is InChI=1S/C31H29BrN2O4/c1-3-37-28-19-23(18-27(32)29(28)38-21-24-13-11-10-12-22(24)2)20-33-34-30(35)31(36,25-14-6-4-7-15-25)26-16-8-5-9-17-26/h4-20,36H,3,21H2,1-2H3,(H,34,35)/b33-20-. The summed E-state index contributed by atoms with van der Waals surface area (Å²) in [6.07, 6.45) is 1.49. The molecule has 194 valence electrons. The number of aliphatic hydroxyl groups is 1. The van der Waals surface area contributed by atoms with Crippen LogP contribution in [0.4, 0.5) is 0 Å². The lowest BCUT2D eigenvalue weighted by Gasteiger charge is -2.27. The van der Waals surface area contributed by atoms with Crippen LogP contribution in [0.5, 0.6) is 11.5 Å². The minimum absolute atomic E-state index is 0.395. The van der Waals surface area contributed by atoms with Crippen molar-refractivity contribution < 1.29 is 19.4 Å². The Hall–Kier alpha value is -3.94. The molecule has 0 aliphatic heterocycles. The number of rotatable bonds is 10. The van der Waals surface area contributed by atoms with Crippen molar-refractivity contribution in [2.75, 3.05) is 6.61 Å². The van der Waals surface area contributed by atoms with Crippen molar-refractivity contribution in [1.29, 1.82) is 0 Å². The van der Waals surface area contributed by atoms with E-state index in [1.54, 1.807) is 54.6 Å². The van der Waals surface area contributed by atoms with Crippen molar-refractivity contribution in [3.05, 3.63) is 129 Å². The fourth-order valence-corrected chi connectivity index (χ4v) is 4.60. The normalized spacial score (nSPS) is 11.4. The number of hydrogen-bond acceptors (Lipinski definition) is 5. The lowest BCUT2D eigenvalue weighted by atomic mass is 9.85. The molecule has 0 saturated carbocycles. The van der Waals surface area contributed by atoms with Gasteiger partial charge in [0.25, 0.3) is 5.91 Å². The fourth-order valence-electron chi connectivity index (χ4n) is 4.02. The Bertz CT molecular complexity index is 1370. The summed E-state index contributed by atoms with van der Waals surface area (Å²) in [6.45, 7) is 4.79. The van der Waals surface area contributed by atoms with Gasteiger partial charge in [-0.15, -0.1) is 0 Å². The van der Waals surface area contributed by atoms with Gasteiger partial charge in [0.15, 0.2) is 17.1 Å². The maximum Gasteiger partial charge on any atom is 0.281 e. The van der Waals surface area contributed by atoms with Gasteiger partial charge in [0.2, 0.25) is 0 Å². The fraction of sp³-hybridized carbons (Fsp3) is 0.161. The minimum Gasteiger partial charge on any atom is -0.490 e. The smallest absolute Gasteiger partial charge is 0.281 e. The van der Waals surface area contributed by atoms with Crippen LogP contribution in [-0.2, 0) is 17.0 Å². The molecule has 38 heavy (non-hydrogen) atoms. The number of hydrogen-bond donors (Lipinski definition) is 2. The number of carbonyl (C=O) groups excluding carboxylic acids is 1. The predicted molar refractivity (Wildman–Crippen MR) is 152 cm³/mol. The van der Waals surface area contributed by atoms with Crippen LogP contribution < -0.4 is 14.9 Å². The van der Waals surface area contributed by atoms with Crippen molar-refractivity contribution in [3.8, 4) is 11.5 Å². The molecule has 0 bridgehead atoms. The zero-order chi connectivity index (χ0) is 27.0. The summed E-state index contributed by atoms with van der Waals surface area (Å²) in [5, 5.41) is 15.7. The Labute approximate surface area is 231 Å². The van der Waals surface area contributed by atoms with Gasteiger partial charge in [0, 0.05) is 0 Å². The first-order valence-corrected chi connectivity index (χ1v) is 13.0. The first-order valence-electron chi connectivity index (χ1n) is 12.2. The molecule has 2 N–H and O–H groups in total. The highest BCUT2D eigenvalue weighted by Gasteiger charge is 2.39. The Morgan fingerprint density at radius 3 is 2.16 bits per heavy atom. The predicted octanol–water partition coefficient (Wildman–Crippen LogP) is 6.12. The molecule has 0 saturated heterocycles. The molecular formula is C31H29BrN2O4. The van der Waals surface area contributed by atoms with Gasteiger partial charge < -0.3 is 14.6 Å². The molecule has 0 heterocycles. The number of halogens is 1. The van der Waals surface area contributed by atoms with E-state index in [1.165, 1.54) is 6.21 Å². The van der Waals surface area contributed by atoms with Crippen LogP contribution >= 0.6 is 15.9 Å². The van der Waals surface area contributed by atoms with Crippen molar-refractivity contribution in [3.63, 3.8) is 0 Å². The van der Waals surface area contributed by atoms with Gasteiger partial charge >= 0.3 is 0 Å². The van der Waals surface area contributed by atoms with Gasteiger partial charge in [0.05, 0.1) is 17.3 Å². The minimum atomic E-state index is -1.91. The largest absolute Gasteiger partial charge is 0.490 e. The zero-order valence-corrected chi connectivity index (χ0v) is 22.8.